The summed E-state index contributed by atoms with van der Waals surface area (Å²) in [4.78, 5) is 17.0. The molecule has 0 aliphatic heterocycles. The van der Waals surface area contributed by atoms with E-state index in [4.69, 9.17) is 0 Å². The third-order valence-corrected chi connectivity index (χ3v) is 5.29. The third-order valence-electron chi connectivity index (χ3n) is 4.13. The normalized spacial score (nSPS) is 16.2. The molecule has 1 heterocycles. The van der Waals surface area contributed by atoms with E-state index in [0.717, 1.165) is 10.4 Å². The van der Waals surface area contributed by atoms with Crippen LogP contribution in [0.25, 0.3) is 0 Å². The standard InChI is InChI=1S/C17H20N2O2S/c20-17(21)15(9-12-5-2-1-3-6-12)18-10-14-11-19-16(22-14)13-7-4-8-13/h1-3,5-6,11,13,15,18H,4,7-10H2,(H,20,21)/t15-/m0/s1. The van der Waals surface area contributed by atoms with Crippen molar-refractivity contribution in [1.82, 2.24) is 10.3 Å². The van der Waals surface area contributed by atoms with Gasteiger partial charge >= 0.3 is 5.97 Å². The van der Waals surface area contributed by atoms with Crippen LogP contribution < -0.4 is 5.32 Å². The van der Waals surface area contributed by atoms with Crippen LogP contribution in [0.3, 0.4) is 0 Å². The highest BCUT2D eigenvalue weighted by molar-refractivity contribution is 7.11. The molecule has 22 heavy (non-hydrogen) atoms. The van der Waals surface area contributed by atoms with E-state index in [2.05, 4.69) is 10.3 Å². The summed E-state index contributed by atoms with van der Waals surface area (Å²) in [6.07, 6.45) is 6.16. The Bertz CT molecular complexity index is 623. The lowest BCUT2D eigenvalue weighted by Gasteiger charge is -2.22. The highest BCUT2D eigenvalue weighted by Gasteiger charge is 2.23. The number of rotatable bonds is 7. The molecular weight excluding hydrogens is 296 g/mol. The van der Waals surface area contributed by atoms with Crippen LogP contribution in [0, 0.1) is 0 Å². The zero-order valence-electron chi connectivity index (χ0n) is 12.4. The van der Waals surface area contributed by atoms with E-state index in [1.165, 1.54) is 24.3 Å². The minimum absolute atomic E-state index is 0.491. The number of hydrogen-bond donors (Lipinski definition) is 2. The minimum atomic E-state index is -0.812. The highest BCUT2D eigenvalue weighted by atomic mass is 32.1. The Hall–Kier alpha value is -1.72. The molecule has 1 aliphatic carbocycles. The van der Waals surface area contributed by atoms with Crippen molar-refractivity contribution < 1.29 is 9.90 Å². The van der Waals surface area contributed by atoms with Gasteiger partial charge in [0.25, 0.3) is 0 Å². The molecule has 1 aromatic heterocycles. The molecule has 1 aliphatic rings. The average molecular weight is 316 g/mol. The van der Waals surface area contributed by atoms with E-state index in [-0.39, 0.29) is 0 Å². The average Bonchev–Trinajstić information content (AvgIpc) is 2.90. The Morgan fingerprint density at radius 2 is 2.14 bits per heavy atom. The van der Waals surface area contributed by atoms with Gasteiger partial charge in [0.1, 0.15) is 6.04 Å². The molecule has 1 atom stereocenters. The summed E-state index contributed by atoms with van der Waals surface area (Å²) in [6.45, 7) is 0.564. The van der Waals surface area contributed by atoms with Gasteiger partial charge in [-0.25, -0.2) is 4.98 Å². The second-order valence-electron chi connectivity index (χ2n) is 5.75. The molecule has 5 heteroatoms. The van der Waals surface area contributed by atoms with E-state index >= 15 is 0 Å². The van der Waals surface area contributed by atoms with Gasteiger partial charge in [-0.3, -0.25) is 10.1 Å². The molecule has 4 nitrogen and oxygen atoms in total. The van der Waals surface area contributed by atoms with E-state index in [1.807, 2.05) is 36.5 Å². The minimum Gasteiger partial charge on any atom is -0.480 e. The van der Waals surface area contributed by atoms with Crippen LogP contribution >= 0.6 is 11.3 Å². The molecule has 2 aromatic rings. The Labute approximate surface area is 134 Å². The van der Waals surface area contributed by atoms with Gasteiger partial charge < -0.3 is 5.11 Å². The van der Waals surface area contributed by atoms with E-state index in [1.54, 1.807) is 11.3 Å². The van der Waals surface area contributed by atoms with Crippen molar-refractivity contribution in [1.29, 1.82) is 0 Å². The number of hydrogen-bond acceptors (Lipinski definition) is 4. The number of carboxylic acid groups (broad SMARTS) is 1. The number of carboxylic acids is 1. The van der Waals surface area contributed by atoms with Crippen LogP contribution in [-0.4, -0.2) is 22.1 Å². The molecule has 0 spiro atoms. The van der Waals surface area contributed by atoms with Gasteiger partial charge in [0, 0.05) is 23.5 Å². The molecule has 116 valence electrons. The lowest BCUT2D eigenvalue weighted by molar-refractivity contribution is -0.139. The lowest BCUT2D eigenvalue weighted by Crippen LogP contribution is -2.37. The maximum absolute atomic E-state index is 11.4. The van der Waals surface area contributed by atoms with Crippen molar-refractivity contribution in [2.45, 2.75) is 44.2 Å². The number of nitrogens with one attached hydrogen (secondary N) is 1. The molecule has 1 fully saturated rings. The fourth-order valence-corrected chi connectivity index (χ4v) is 3.61. The lowest BCUT2D eigenvalue weighted by atomic mass is 9.86. The quantitative estimate of drug-likeness (QED) is 0.823. The SMILES string of the molecule is O=C(O)[C@H](Cc1ccccc1)NCc1cnc(C2CCC2)s1. The monoisotopic (exact) mass is 316 g/mol. The number of nitrogens with zero attached hydrogens (tertiary/aromatic N) is 1. The number of aliphatic carboxylic acids is 1. The molecule has 0 unspecified atom stereocenters. The van der Waals surface area contributed by atoms with Crippen molar-refractivity contribution in [3.8, 4) is 0 Å². The first-order valence-electron chi connectivity index (χ1n) is 7.67. The topological polar surface area (TPSA) is 62.2 Å². The van der Waals surface area contributed by atoms with Crippen LogP contribution in [0.15, 0.2) is 36.5 Å². The first-order valence-corrected chi connectivity index (χ1v) is 8.49. The fraction of sp³-hybridized carbons (Fsp3) is 0.412. The molecule has 1 aromatic carbocycles. The predicted octanol–water partition coefficient (Wildman–Crippen LogP) is 3.20. The predicted molar refractivity (Wildman–Crippen MR) is 87.1 cm³/mol. The molecule has 3 rings (SSSR count). The molecule has 0 radical (unpaired) electrons. The van der Waals surface area contributed by atoms with Crippen LogP contribution in [0.1, 0.15) is 40.6 Å². The molecule has 0 bridgehead atoms. The fourth-order valence-electron chi connectivity index (χ4n) is 2.57. The molecule has 0 amide bonds. The van der Waals surface area contributed by atoms with E-state index in [0.29, 0.717) is 18.9 Å². The first-order chi connectivity index (χ1) is 10.7. The Kier molecular flexibility index (Phi) is 4.85. The second-order valence-corrected chi connectivity index (χ2v) is 6.90. The van der Waals surface area contributed by atoms with Crippen LogP contribution in [-0.2, 0) is 17.8 Å². The summed E-state index contributed by atoms with van der Waals surface area (Å²) in [5.41, 5.74) is 1.03. The Balaban J connectivity index is 1.57. The summed E-state index contributed by atoms with van der Waals surface area (Å²) in [6, 6.07) is 9.14. The van der Waals surface area contributed by atoms with E-state index in [9.17, 15) is 9.90 Å². The zero-order chi connectivity index (χ0) is 15.4. The van der Waals surface area contributed by atoms with Crippen LogP contribution in [0.2, 0.25) is 0 Å². The van der Waals surface area contributed by atoms with Gasteiger partial charge in [0.15, 0.2) is 0 Å². The third kappa shape index (κ3) is 3.72. The van der Waals surface area contributed by atoms with Gasteiger partial charge in [-0.1, -0.05) is 36.8 Å². The number of thiazole rings is 1. The van der Waals surface area contributed by atoms with Crippen molar-refractivity contribution in [3.05, 3.63) is 52.0 Å². The van der Waals surface area contributed by atoms with Crippen molar-refractivity contribution in [2.75, 3.05) is 0 Å². The van der Waals surface area contributed by atoms with Gasteiger partial charge in [0.05, 0.1) is 5.01 Å². The van der Waals surface area contributed by atoms with Gasteiger partial charge in [-0.15, -0.1) is 11.3 Å². The number of benzene rings is 1. The van der Waals surface area contributed by atoms with Crippen LogP contribution in [0.5, 0.6) is 0 Å². The van der Waals surface area contributed by atoms with E-state index < -0.39 is 12.0 Å². The molecule has 0 saturated heterocycles. The van der Waals surface area contributed by atoms with Gasteiger partial charge in [0.2, 0.25) is 0 Å². The highest BCUT2D eigenvalue weighted by Crippen LogP contribution is 2.38. The number of aromatic nitrogens is 1. The Morgan fingerprint density at radius 1 is 1.36 bits per heavy atom. The Morgan fingerprint density at radius 3 is 2.77 bits per heavy atom. The maximum Gasteiger partial charge on any atom is 0.321 e. The molecule has 1 saturated carbocycles. The maximum atomic E-state index is 11.4. The molecule has 2 N–H and O–H groups in total. The zero-order valence-corrected chi connectivity index (χ0v) is 13.2. The van der Waals surface area contributed by atoms with Crippen molar-refractivity contribution in [2.24, 2.45) is 0 Å². The summed E-state index contributed by atoms with van der Waals surface area (Å²) in [5, 5.41) is 13.7. The van der Waals surface area contributed by atoms with Crippen molar-refractivity contribution >= 4 is 17.3 Å². The summed E-state index contributed by atoms with van der Waals surface area (Å²) in [7, 11) is 0. The summed E-state index contributed by atoms with van der Waals surface area (Å²) >= 11 is 1.71. The van der Waals surface area contributed by atoms with Crippen LogP contribution in [0.4, 0.5) is 0 Å². The van der Waals surface area contributed by atoms with Crippen molar-refractivity contribution in [3.63, 3.8) is 0 Å². The van der Waals surface area contributed by atoms with Gasteiger partial charge in [-0.05, 0) is 24.8 Å². The molecular formula is C17H20N2O2S. The summed E-state index contributed by atoms with van der Waals surface area (Å²) in [5.74, 6) is -0.175. The first kappa shape index (κ1) is 15.2. The number of carbonyl (C=O) groups is 1. The summed E-state index contributed by atoms with van der Waals surface area (Å²) < 4.78 is 0. The second kappa shape index (κ2) is 7.03. The smallest absolute Gasteiger partial charge is 0.321 e. The van der Waals surface area contributed by atoms with Gasteiger partial charge in [-0.2, -0.15) is 0 Å². The largest absolute Gasteiger partial charge is 0.480 e.